The van der Waals surface area contributed by atoms with Crippen molar-refractivity contribution in [2.45, 2.75) is 46.5 Å². The summed E-state index contributed by atoms with van der Waals surface area (Å²) in [5, 5.41) is 8.92. The quantitative estimate of drug-likeness (QED) is 0.620. The molecule has 1 rings (SSSR count). The predicted molar refractivity (Wildman–Crippen MR) is 81.0 cm³/mol. The van der Waals surface area contributed by atoms with Crippen LogP contribution in [0.2, 0.25) is 0 Å². The van der Waals surface area contributed by atoms with Crippen LogP contribution in [-0.2, 0) is 0 Å². The average molecular weight is 275 g/mol. The lowest BCUT2D eigenvalue weighted by atomic mass is 9.89. The Morgan fingerprint density at radius 2 is 1.55 bits per heavy atom. The van der Waals surface area contributed by atoms with Gasteiger partial charge in [0, 0.05) is 0 Å². The summed E-state index contributed by atoms with van der Waals surface area (Å²) < 4.78 is 11.2. The molecule has 0 fully saturated rings. The van der Waals surface area contributed by atoms with Crippen LogP contribution in [-0.4, -0.2) is 13.2 Å². The Labute approximate surface area is 122 Å². The molecular weight excluding hydrogens is 250 g/mol. The molecule has 0 N–H and O–H groups in total. The molecule has 0 saturated heterocycles. The molecule has 3 nitrogen and oxygen atoms in total. The van der Waals surface area contributed by atoms with Gasteiger partial charge in [0.1, 0.15) is 11.5 Å². The van der Waals surface area contributed by atoms with Crippen LogP contribution in [0.25, 0.3) is 0 Å². The second-order valence-corrected chi connectivity index (χ2v) is 5.62. The van der Waals surface area contributed by atoms with Gasteiger partial charge in [-0.1, -0.05) is 6.92 Å². The Morgan fingerprint density at radius 3 is 2.05 bits per heavy atom. The first-order valence-electron chi connectivity index (χ1n) is 7.34. The van der Waals surface area contributed by atoms with Gasteiger partial charge in [0.05, 0.1) is 24.7 Å². The maximum atomic E-state index is 8.92. The number of hydrogen-bond donors (Lipinski definition) is 0. The van der Waals surface area contributed by atoms with Gasteiger partial charge >= 0.3 is 0 Å². The first-order chi connectivity index (χ1) is 9.57. The predicted octanol–water partition coefficient (Wildman–Crippen LogP) is 4.57. The third-order valence-corrected chi connectivity index (χ3v) is 3.06. The molecule has 0 atom stereocenters. The zero-order valence-electron chi connectivity index (χ0n) is 12.8. The maximum Gasteiger partial charge on any atom is 0.119 e. The van der Waals surface area contributed by atoms with Crippen molar-refractivity contribution in [2.24, 2.45) is 5.41 Å². The molecule has 110 valence electrons. The first-order valence-corrected chi connectivity index (χ1v) is 7.34. The lowest BCUT2D eigenvalue weighted by molar-refractivity contribution is 0.292. The van der Waals surface area contributed by atoms with Gasteiger partial charge in [0.15, 0.2) is 0 Å². The SMILES string of the molecule is CCCOc1ccc(OCCCCC(C)(C)C#N)cc1. The molecule has 0 saturated carbocycles. The Bertz CT molecular complexity index is 418. The molecule has 0 heterocycles. The minimum absolute atomic E-state index is 0.224. The van der Waals surface area contributed by atoms with E-state index < -0.39 is 0 Å². The van der Waals surface area contributed by atoms with Gasteiger partial charge in [-0.25, -0.2) is 0 Å². The largest absolute Gasteiger partial charge is 0.494 e. The van der Waals surface area contributed by atoms with E-state index in [9.17, 15) is 0 Å². The standard InChI is InChI=1S/C17H25NO2/c1-4-12-19-15-7-9-16(10-8-15)20-13-6-5-11-17(2,3)14-18/h7-10H,4-6,11-13H2,1-3H3. The van der Waals surface area contributed by atoms with Crippen LogP contribution < -0.4 is 9.47 Å². The third-order valence-electron chi connectivity index (χ3n) is 3.06. The van der Waals surface area contributed by atoms with Gasteiger partial charge < -0.3 is 9.47 Å². The van der Waals surface area contributed by atoms with Crippen LogP contribution in [0.15, 0.2) is 24.3 Å². The smallest absolute Gasteiger partial charge is 0.119 e. The van der Waals surface area contributed by atoms with Crippen LogP contribution in [0.3, 0.4) is 0 Å². The Hall–Kier alpha value is -1.69. The molecule has 20 heavy (non-hydrogen) atoms. The van der Waals surface area contributed by atoms with Crippen molar-refractivity contribution in [1.82, 2.24) is 0 Å². The summed E-state index contributed by atoms with van der Waals surface area (Å²) in [6.07, 6.45) is 3.91. The van der Waals surface area contributed by atoms with E-state index in [4.69, 9.17) is 14.7 Å². The zero-order valence-corrected chi connectivity index (χ0v) is 12.8. The highest BCUT2D eigenvalue weighted by atomic mass is 16.5. The number of unbranched alkanes of at least 4 members (excludes halogenated alkanes) is 1. The molecule has 0 aliphatic heterocycles. The van der Waals surface area contributed by atoms with Crippen LogP contribution in [0.4, 0.5) is 0 Å². The van der Waals surface area contributed by atoms with Crippen molar-refractivity contribution >= 4 is 0 Å². The fourth-order valence-electron chi connectivity index (χ4n) is 1.77. The molecule has 1 aromatic carbocycles. The van der Waals surface area contributed by atoms with E-state index in [0.717, 1.165) is 43.8 Å². The second-order valence-electron chi connectivity index (χ2n) is 5.62. The minimum Gasteiger partial charge on any atom is -0.494 e. The minimum atomic E-state index is -0.224. The molecule has 0 amide bonds. The fraction of sp³-hybridized carbons (Fsp3) is 0.588. The molecular formula is C17H25NO2. The van der Waals surface area contributed by atoms with Gasteiger partial charge in [-0.3, -0.25) is 0 Å². The monoisotopic (exact) mass is 275 g/mol. The number of hydrogen-bond acceptors (Lipinski definition) is 3. The van der Waals surface area contributed by atoms with E-state index >= 15 is 0 Å². The van der Waals surface area contributed by atoms with Gasteiger partial charge in [-0.2, -0.15) is 5.26 Å². The first kappa shape index (κ1) is 16.4. The van der Waals surface area contributed by atoms with Gasteiger partial charge in [-0.15, -0.1) is 0 Å². The van der Waals surface area contributed by atoms with Crippen molar-refractivity contribution in [3.05, 3.63) is 24.3 Å². The van der Waals surface area contributed by atoms with E-state index in [-0.39, 0.29) is 5.41 Å². The summed E-state index contributed by atoms with van der Waals surface area (Å²) in [4.78, 5) is 0. The van der Waals surface area contributed by atoms with E-state index in [1.165, 1.54) is 0 Å². The number of rotatable bonds is 9. The summed E-state index contributed by atoms with van der Waals surface area (Å²) in [7, 11) is 0. The molecule has 0 aromatic heterocycles. The highest BCUT2D eigenvalue weighted by molar-refractivity contribution is 5.31. The van der Waals surface area contributed by atoms with E-state index in [1.807, 2.05) is 38.1 Å². The van der Waals surface area contributed by atoms with Crippen LogP contribution in [0.5, 0.6) is 11.5 Å². The Balaban J connectivity index is 2.21. The number of nitriles is 1. The molecule has 0 aliphatic rings. The third kappa shape index (κ3) is 6.47. The van der Waals surface area contributed by atoms with Crippen molar-refractivity contribution < 1.29 is 9.47 Å². The fourth-order valence-corrected chi connectivity index (χ4v) is 1.77. The summed E-state index contributed by atoms with van der Waals surface area (Å²) in [6.45, 7) is 7.47. The molecule has 0 spiro atoms. The van der Waals surface area contributed by atoms with Crippen molar-refractivity contribution in [2.75, 3.05) is 13.2 Å². The normalized spacial score (nSPS) is 10.9. The number of benzene rings is 1. The lowest BCUT2D eigenvalue weighted by Crippen LogP contribution is -2.08. The summed E-state index contributed by atoms with van der Waals surface area (Å²) in [5.74, 6) is 1.75. The van der Waals surface area contributed by atoms with Crippen LogP contribution >= 0.6 is 0 Å². The molecule has 0 bridgehead atoms. The molecule has 3 heteroatoms. The van der Waals surface area contributed by atoms with E-state index in [2.05, 4.69) is 13.0 Å². The van der Waals surface area contributed by atoms with Gasteiger partial charge in [0.25, 0.3) is 0 Å². The molecule has 0 aliphatic carbocycles. The zero-order chi connectivity index (χ0) is 14.8. The van der Waals surface area contributed by atoms with Crippen molar-refractivity contribution in [3.8, 4) is 17.6 Å². The summed E-state index contributed by atoms with van der Waals surface area (Å²) in [5.41, 5.74) is -0.224. The van der Waals surface area contributed by atoms with Crippen molar-refractivity contribution in [1.29, 1.82) is 5.26 Å². The number of nitrogens with zero attached hydrogens (tertiary/aromatic N) is 1. The van der Waals surface area contributed by atoms with E-state index in [1.54, 1.807) is 0 Å². The second kappa shape index (κ2) is 8.47. The van der Waals surface area contributed by atoms with Gasteiger partial charge in [-0.05, 0) is 63.8 Å². The van der Waals surface area contributed by atoms with Gasteiger partial charge in [0.2, 0.25) is 0 Å². The summed E-state index contributed by atoms with van der Waals surface area (Å²) in [6, 6.07) is 10.1. The lowest BCUT2D eigenvalue weighted by Gasteiger charge is -2.14. The summed E-state index contributed by atoms with van der Waals surface area (Å²) >= 11 is 0. The van der Waals surface area contributed by atoms with Crippen molar-refractivity contribution in [3.63, 3.8) is 0 Å². The molecule has 0 unspecified atom stereocenters. The molecule has 1 aromatic rings. The highest BCUT2D eigenvalue weighted by Gasteiger charge is 2.15. The topological polar surface area (TPSA) is 42.2 Å². The molecule has 0 radical (unpaired) electrons. The van der Waals surface area contributed by atoms with Crippen LogP contribution in [0.1, 0.15) is 46.5 Å². The Kier molecular flexibility index (Phi) is 6.93. The maximum absolute atomic E-state index is 8.92. The van der Waals surface area contributed by atoms with E-state index in [0.29, 0.717) is 6.61 Å². The number of ether oxygens (including phenoxy) is 2. The highest BCUT2D eigenvalue weighted by Crippen LogP contribution is 2.22. The average Bonchev–Trinajstić information content (AvgIpc) is 2.46. The van der Waals surface area contributed by atoms with Crippen LogP contribution in [0, 0.1) is 16.7 Å². The Morgan fingerprint density at radius 1 is 1.00 bits per heavy atom.